The van der Waals surface area contributed by atoms with Gasteiger partial charge in [-0.2, -0.15) is 0 Å². The summed E-state index contributed by atoms with van der Waals surface area (Å²) in [5.74, 6) is 0.919. The van der Waals surface area contributed by atoms with Gasteiger partial charge in [0.15, 0.2) is 5.76 Å². The van der Waals surface area contributed by atoms with Crippen LogP contribution in [0, 0.1) is 17.0 Å². The van der Waals surface area contributed by atoms with Gasteiger partial charge >= 0.3 is 0 Å². The van der Waals surface area contributed by atoms with Crippen LogP contribution in [-0.2, 0) is 6.61 Å². The van der Waals surface area contributed by atoms with Crippen molar-refractivity contribution in [1.82, 2.24) is 4.98 Å². The second-order valence-corrected chi connectivity index (χ2v) is 7.57. The van der Waals surface area contributed by atoms with Crippen molar-refractivity contribution in [2.24, 2.45) is 0 Å². The van der Waals surface area contributed by atoms with Crippen LogP contribution in [0.1, 0.15) is 21.9 Å². The van der Waals surface area contributed by atoms with Gasteiger partial charge in [0.25, 0.3) is 11.6 Å². The fraction of sp³-hybridized carbons (Fsp3) is 0.0833. The predicted molar refractivity (Wildman–Crippen MR) is 125 cm³/mol. The first-order valence-corrected chi connectivity index (χ1v) is 10.4. The summed E-state index contributed by atoms with van der Waals surface area (Å²) in [6.07, 6.45) is 3.04. The number of nitro benzene ring substituents is 1. The van der Waals surface area contributed by atoms with Crippen LogP contribution >= 0.6 is 11.6 Å². The number of anilines is 1. The number of benzene rings is 2. The quantitative estimate of drug-likeness (QED) is 0.237. The first-order chi connectivity index (χ1) is 16.4. The Morgan fingerprint density at radius 2 is 2.00 bits per heavy atom. The molecule has 1 N–H and O–H groups in total. The molecule has 0 bridgehead atoms. The molecule has 0 radical (unpaired) electrons. The van der Waals surface area contributed by atoms with Crippen molar-refractivity contribution in [3.8, 4) is 17.2 Å². The third-order valence-electron chi connectivity index (χ3n) is 4.64. The second kappa shape index (κ2) is 10.1. The first kappa shape index (κ1) is 22.8. The highest BCUT2D eigenvalue weighted by atomic mass is 35.5. The van der Waals surface area contributed by atoms with Gasteiger partial charge in [-0.15, -0.1) is 0 Å². The van der Waals surface area contributed by atoms with E-state index >= 15 is 0 Å². The molecule has 0 unspecified atom stereocenters. The van der Waals surface area contributed by atoms with E-state index in [0.29, 0.717) is 22.3 Å². The van der Waals surface area contributed by atoms with Crippen molar-refractivity contribution >= 4 is 28.9 Å². The van der Waals surface area contributed by atoms with Crippen molar-refractivity contribution in [2.75, 3.05) is 5.32 Å². The Kier molecular flexibility index (Phi) is 6.74. The number of nitro groups is 1. The number of rotatable bonds is 8. The smallest absolute Gasteiger partial charge is 0.291 e. The van der Waals surface area contributed by atoms with E-state index in [9.17, 15) is 14.9 Å². The second-order valence-electron chi connectivity index (χ2n) is 7.16. The van der Waals surface area contributed by atoms with Crippen LogP contribution in [0.15, 0.2) is 77.5 Å². The number of amides is 1. The summed E-state index contributed by atoms with van der Waals surface area (Å²) in [6.45, 7) is 1.94. The maximum absolute atomic E-state index is 12.7. The van der Waals surface area contributed by atoms with Gasteiger partial charge in [0.1, 0.15) is 29.6 Å². The molecular formula is C24H18ClN3O6. The van der Waals surface area contributed by atoms with Crippen LogP contribution in [0.2, 0.25) is 5.02 Å². The monoisotopic (exact) mass is 479 g/mol. The highest BCUT2D eigenvalue weighted by Gasteiger charge is 2.17. The van der Waals surface area contributed by atoms with Crippen LogP contribution in [0.25, 0.3) is 0 Å². The Morgan fingerprint density at radius 1 is 1.15 bits per heavy atom. The number of halogens is 1. The molecule has 1 amide bonds. The summed E-state index contributed by atoms with van der Waals surface area (Å²) in [7, 11) is 0. The van der Waals surface area contributed by atoms with Crippen LogP contribution < -0.4 is 14.8 Å². The van der Waals surface area contributed by atoms with E-state index in [0.717, 1.165) is 5.56 Å². The Labute approximate surface area is 199 Å². The molecule has 10 heteroatoms. The van der Waals surface area contributed by atoms with E-state index in [-0.39, 0.29) is 29.5 Å². The summed E-state index contributed by atoms with van der Waals surface area (Å²) in [4.78, 5) is 27.4. The third kappa shape index (κ3) is 5.51. The standard InChI is InChI=1S/C24H18ClN3O6/c1-15-4-2-6-21(25)23(15)32-14-19-7-8-22(34-19)24(29)27-16-10-17(28(30)31)12-20(11-16)33-18-5-3-9-26-13-18/h2-13H,14H2,1H3,(H,27,29). The number of furan rings is 1. The zero-order valence-electron chi connectivity index (χ0n) is 17.9. The molecule has 0 aliphatic heterocycles. The van der Waals surface area contributed by atoms with E-state index in [4.69, 9.17) is 25.5 Å². The summed E-state index contributed by atoms with van der Waals surface area (Å²) in [6, 6.07) is 15.8. The van der Waals surface area contributed by atoms with Crippen LogP contribution in [0.3, 0.4) is 0 Å². The molecule has 2 heterocycles. The molecule has 0 atom stereocenters. The lowest BCUT2D eigenvalue weighted by Gasteiger charge is -2.09. The van der Waals surface area contributed by atoms with Crippen molar-refractivity contribution in [1.29, 1.82) is 0 Å². The Morgan fingerprint density at radius 3 is 2.74 bits per heavy atom. The highest BCUT2D eigenvalue weighted by molar-refractivity contribution is 6.32. The Bertz CT molecular complexity index is 1320. The van der Waals surface area contributed by atoms with E-state index in [1.807, 2.05) is 19.1 Å². The highest BCUT2D eigenvalue weighted by Crippen LogP contribution is 2.31. The molecule has 9 nitrogen and oxygen atoms in total. The molecule has 0 spiro atoms. The lowest BCUT2D eigenvalue weighted by atomic mass is 10.2. The van der Waals surface area contributed by atoms with E-state index in [1.165, 1.54) is 30.5 Å². The Hall–Kier alpha value is -4.37. The minimum absolute atomic E-state index is 0.00992. The summed E-state index contributed by atoms with van der Waals surface area (Å²) < 4.78 is 16.9. The van der Waals surface area contributed by atoms with Crippen LogP contribution in [0.4, 0.5) is 11.4 Å². The topological polar surface area (TPSA) is 117 Å². The summed E-state index contributed by atoms with van der Waals surface area (Å²) >= 11 is 6.16. The van der Waals surface area contributed by atoms with Crippen LogP contribution in [0.5, 0.6) is 17.2 Å². The largest absolute Gasteiger partial charge is 0.484 e. The number of para-hydroxylation sites is 1. The number of aromatic nitrogens is 1. The van der Waals surface area contributed by atoms with Gasteiger partial charge in [-0.1, -0.05) is 23.7 Å². The van der Waals surface area contributed by atoms with Gasteiger partial charge < -0.3 is 19.2 Å². The minimum atomic E-state index is -0.590. The number of non-ortho nitro benzene ring substituents is 1. The molecule has 172 valence electrons. The lowest BCUT2D eigenvalue weighted by Crippen LogP contribution is -2.11. The van der Waals surface area contributed by atoms with Gasteiger partial charge in [-0.3, -0.25) is 19.9 Å². The lowest BCUT2D eigenvalue weighted by molar-refractivity contribution is -0.384. The summed E-state index contributed by atoms with van der Waals surface area (Å²) in [5, 5.41) is 14.4. The molecule has 34 heavy (non-hydrogen) atoms. The molecule has 4 aromatic rings. The number of nitrogens with zero attached hydrogens (tertiary/aromatic N) is 2. The normalized spacial score (nSPS) is 10.5. The average Bonchev–Trinajstić information content (AvgIpc) is 3.28. The molecule has 4 rings (SSSR count). The number of carbonyl (C=O) groups excluding carboxylic acids is 1. The molecule has 0 saturated carbocycles. The fourth-order valence-corrected chi connectivity index (χ4v) is 3.35. The number of ether oxygens (including phenoxy) is 2. The molecule has 2 aromatic heterocycles. The molecule has 2 aromatic carbocycles. The number of carbonyl (C=O) groups is 1. The zero-order chi connectivity index (χ0) is 24.1. The van der Waals surface area contributed by atoms with Gasteiger partial charge in [-0.05, 0) is 42.8 Å². The summed E-state index contributed by atoms with van der Waals surface area (Å²) in [5.41, 5.74) is 0.784. The van der Waals surface area contributed by atoms with Crippen molar-refractivity contribution in [3.63, 3.8) is 0 Å². The third-order valence-corrected chi connectivity index (χ3v) is 4.94. The number of hydrogen-bond acceptors (Lipinski definition) is 7. The van der Waals surface area contributed by atoms with Crippen molar-refractivity contribution < 1.29 is 23.6 Å². The molecular weight excluding hydrogens is 462 g/mol. The number of aryl methyl sites for hydroxylation is 1. The number of pyridine rings is 1. The van der Waals surface area contributed by atoms with E-state index in [1.54, 1.807) is 30.5 Å². The average molecular weight is 480 g/mol. The Balaban J connectivity index is 1.47. The van der Waals surface area contributed by atoms with Crippen molar-refractivity contribution in [2.45, 2.75) is 13.5 Å². The molecule has 0 aliphatic rings. The predicted octanol–water partition coefficient (Wildman–Crippen LogP) is 6.17. The van der Waals surface area contributed by atoms with Gasteiger partial charge in [0.2, 0.25) is 0 Å². The molecule has 0 aliphatic carbocycles. The number of nitrogens with one attached hydrogen (secondary N) is 1. The maximum Gasteiger partial charge on any atom is 0.291 e. The van der Waals surface area contributed by atoms with E-state index in [2.05, 4.69) is 10.3 Å². The first-order valence-electron chi connectivity index (χ1n) is 10.0. The van der Waals surface area contributed by atoms with Gasteiger partial charge in [-0.25, -0.2) is 0 Å². The van der Waals surface area contributed by atoms with Crippen molar-refractivity contribution in [3.05, 3.63) is 105 Å². The minimum Gasteiger partial charge on any atom is -0.484 e. The van der Waals surface area contributed by atoms with Crippen LogP contribution in [-0.4, -0.2) is 15.8 Å². The number of hydrogen-bond donors (Lipinski definition) is 1. The SMILES string of the molecule is Cc1cccc(Cl)c1OCc1ccc(C(=O)Nc2cc(Oc3cccnc3)cc([N+](=O)[O-])c2)o1. The zero-order valence-corrected chi connectivity index (χ0v) is 18.6. The van der Waals surface area contributed by atoms with Gasteiger partial charge in [0.05, 0.1) is 27.9 Å². The van der Waals surface area contributed by atoms with Gasteiger partial charge in [0, 0.05) is 18.3 Å². The molecule has 0 fully saturated rings. The maximum atomic E-state index is 12.7. The fourth-order valence-electron chi connectivity index (χ4n) is 3.08. The molecule has 0 saturated heterocycles. The van der Waals surface area contributed by atoms with E-state index < -0.39 is 10.8 Å².